The molecule has 2 aromatic heterocycles. The van der Waals surface area contributed by atoms with Crippen LogP contribution in [0.15, 0.2) is 72.8 Å². The smallest absolute Gasteiger partial charge is 0.579 e. The Morgan fingerprint density at radius 1 is 0.586 bits per heavy atom. The second kappa shape index (κ2) is 15.4. The van der Waals surface area contributed by atoms with Gasteiger partial charge in [-0.3, -0.25) is 0 Å². The molecule has 2 heterocycles. The van der Waals surface area contributed by atoms with Crippen molar-refractivity contribution in [2.24, 2.45) is 0 Å². The van der Waals surface area contributed by atoms with Crippen molar-refractivity contribution in [2.45, 2.75) is 27.7 Å². The summed E-state index contributed by atoms with van der Waals surface area (Å²) < 4.78 is 0. The van der Waals surface area contributed by atoms with Crippen LogP contribution < -0.4 is 10.2 Å². The molecule has 4 aromatic rings. The Hall–Kier alpha value is -2.52. The molecule has 0 amide bonds. The van der Waals surface area contributed by atoms with E-state index < -0.39 is 0 Å². The summed E-state index contributed by atoms with van der Waals surface area (Å²) in [5, 5.41) is 15.1. The molecule has 0 saturated heterocycles. The average molecular weight is 464 g/mol. The third-order valence-electron chi connectivity index (χ3n) is 3.25. The maximum absolute atomic E-state index is 3.77. The fourth-order valence-electron chi connectivity index (χ4n) is 1.99. The maximum atomic E-state index is 3.77. The molecular formula is C24H28N4Zr. The Morgan fingerprint density at radius 3 is 1.00 bits per heavy atom. The van der Waals surface area contributed by atoms with Crippen molar-refractivity contribution in [3.05, 3.63) is 121 Å². The molecule has 5 heteroatoms. The van der Waals surface area contributed by atoms with E-state index >= 15 is 0 Å². The van der Waals surface area contributed by atoms with E-state index in [1.54, 1.807) is 0 Å². The number of nitrogens with zero attached hydrogens (tertiary/aromatic N) is 4. The molecule has 0 aliphatic rings. The van der Waals surface area contributed by atoms with E-state index in [0.29, 0.717) is 0 Å². The second-order valence-corrected chi connectivity index (χ2v) is 6.23. The van der Waals surface area contributed by atoms with Gasteiger partial charge in [0.25, 0.3) is 0 Å². The van der Waals surface area contributed by atoms with Crippen molar-refractivity contribution in [2.75, 3.05) is 0 Å². The number of aryl methyl sites for hydroxylation is 4. The third-order valence-corrected chi connectivity index (χ3v) is 3.25. The van der Waals surface area contributed by atoms with Crippen molar-refractivity contribution in [1.82, 2.24) is 20.4 Å². The fraction of sp³-hybridized carbons (Fsp3) is 0.167. The second-order valence-electron chi connectivity index (χ2n) is 6.23. The first-order valence-corrected chi connectivity index (χ1v) is 8.98. The summed E-state index contributed by atoms with van der Waals surface area (Å²) in [6, 6.07) is 23.6. The summed E-state index contributed by atoms with van der Waals surface area (Å²) in [5.74, 6) is 0. The molecule has 0 saturated carbocycles. The van der Waals surface area contributed by atoms with Gasteiger partial charge < -0.3 is 20.4 Å². The number of aromatic nitrogens is 4. The van der Waals surface area contributed by atoms with Crippen LogP contribution in [-0.2, 0) is 26.2 Å². The quantitative estimate of drug-likeness (QED) is 0.343. The van der Waals surface area contributed by atoms with E-state index in [-0.39, 0.29) is 26.2 Å². The summed E-state index contributed by atoms with van der Waals surface area (Å²) in [7, 11) is 0. The van der Waals surface area contributed by atoms with E-state index in [4.69, 9.17) is 0 Å². The largest absolute Gasteiger partial charge is 4.00 e. The normalized spacial score (nSPS) is 8.69. The Labute approximate surface area is 194 Å². The van der Waals surface area contributed by atoms with Crippen LogP contribution >= 0.6 is 0 Å². The summed E-state index contributed by atoms with van der Waals surface area (Å²) in [4.78, 5) is 0. The van der Waals surface area contributed by atoms with Crippen LogP contribution in [0, 0.1) is 41.5 Å². The first kappa shape index (κ1) is 26.5. The van der Waals surface area contributed by atoms with Crippen molar-refractivity contribution in [3.8, 4) is 0 Å². The number of hydrogen-bond acceptors (Lipinski definition) is 2. The Bertz CT molecular complexity index is 775. The van der Waals surface area contributed by atoms with Gasteiger partial charge in [-0.05, 0) is 13.8 Å². The molecule has 0 unspecified atom stereocenters. The zero-order valence-electron chi connectivity index (χ0n) is 17.6. The minimum absolute atomic E-state index is 0. The van der Waals surface area contributed by atoms with Gasteiger partial charge in [0.05, 0.1) is 0 Å². The molecule has 0 bridgehead atoms. The van der Waals surface area contributed by atoms with E-state index in [2.05, 4.69) is 34.2 Å². The van der Waals surface area contributed by atoms with Crippen molar-refractivity contribution >= 4 is 0 Å². The minimum Gasteiger partial charge on any atom is -0.579 e. The first-order chi connectivity index (χ1) is 13.4. The van der Waals surface area contributed by atoms with Gasteiger partial charge in [0, 0.05) is 11.4 Å². The molecular weight excluding hydrogens is 436 g/mol. The number of hydrogen-bond donors (Lipinski definition) is 0. The molecule has 2 aromatic carbocycles. The van der Waals surface area contributed by atoms with Crippen LogP contribution in [0.1, 0.15) is 33.9 Å². The fourth-order valence-corrected chi connectivity index (χ4v) is 1.99. The van der Waals surface area contributed by atoms with Gasteiger partial charge in [0.1, 0.15) is 0 Å². The van der Waals surface area contributed by atoms with E-state index in [0.717, 1.165) is 33.9 Å². The summed E-state index contributed by atoms with van der Waals surface area (Å²) in [5.41, 5.74) is 6.13. The van der Waals surface area contributed by atoms with Crippen LogP contribution in [0.25, 0.3) is 0 Å². The monoisotopic (exact) mass is 462 g/mol. The zero-order valence-corrected chi connectivity index (χ0v) is 20.1. The van der Waals surface area contributed by atoms with Gasteiger partial charge in [0.2, 0.25) is 0 Å². The molecule has 29 heavy (non-hydrogen) atoms. The predicted octanol–water partition coefficient (Wildman–Crippen LogP) is 5.05. The van der Waals surface area contributed by atoms with Crippen molar-refractivity contribution < 1.29 is 26.2 Å². The molecule has 0 atom stereocenters. The number of benzene rings is 2. The number of rotatable bonds is 0. The first-order valence-electron chi connectivity index (χ1n) is 8.98. The molecule has 4 rings (SSSR count). The SMILES string of the molecule is Cc1cc(C)[n-]n1.Cc1cc(C)[n-]n1.[CH2-]c1ccccc1.[CH2-]c1ccccc1.[Zr+4]. The molecule has 0 aliphatic heterocycles. The molecule has 0 N–H and O–H groups in total. The molecule has 148 valence electrons. The predicted molar refractivity (Wildman–Crippen MR) is 116 cm³/mol. The maximum Gasteiger partial charge on any atom is 4.00 e. The van der Waals surface area contributed by atoms with Crippen LogP contribution in [0.3, 0.4) is 0 Å². The Balaban J connectivity index is 0.000000356. The third kappa shape index (κ3) is 14.2. The van der Waals surface area contributed by atoms with Gasteiger partial charge in [-0.25, -0.2) is 0 Å². The van der Waals surface area contributed by atoms with Crippen LogP contribution in [-0.4, -0.2) is 10.2 Å². The van der Waals surface area contributed by atoms with Gasteiger partial charge >= 0.3 is 26.2 Å². The molecule has 0 radical (unpaired) electrons. The Kier molecular flexibility index (Phi) is 14.1. The standard InChI is InChI=1S/2C7H7.2C5H7N2.Zr/c2*1-7-5-3-2-4-6-7;2*1-4-3-5(2)7-6-4;/h2*2-6H,1H2;2*3H,1-2H3;/q4*-1;+4. The molecule has 0 aliphatic carbocycles. The summed E-state index contributed by atoms with van der Waals surface area (Å²) in [6.07, 6.45) is 0. The molecule has 4 nitrogen and oxygen atoms in total. The Morgan fingerprint density at radius 2 is 0.897 bits per heavy atom. The van der Waals surface area contributed by atoms with Gasteiger partial charge in [0.15, 0.2) is 0 Å². The minimum atomic E-state index is 0. The topological polar surface area (TPSA) is 54.0 Å². The molecule has 0 fully saturated rings. The summed E-state index contributed by atoms with van der Waals surface area (Å²) >= 11 is 0. The van der Waals surface area contributed by atoms with Crippen molar-refractivity contribution in [1.29, 1.82) is 0 Å². The zero-order chi connectivity index (χ0) is 20.8. The van der Waals surface area contributed by atoms with Crippen LogP contribution in [0.2, 0.25) is 0 Å². The van der Waals surface area contributed by atoms with E-state index in [1.165, 1.54) is 0 Å². The molecule has 0 spiro atoms. The van der Waals surface area contributed by atoms with Gasteiger partial charge in [-0.1, -0.05) is 38.1 Å². The van der Waals surface area contributed by atoms with E-state index in [1.807, 2.05) is 100 Å². The average Bonchev–Trinajstić information content (AvgIpc) is 3.24. The summed E-state index contributed by atoms with van der Waals surface area (Å²) in [6.45, 7) is 15.2. The van der Waals surface area contributed by atoms with E-state index in [9.17, 15) is 0 Å². The van der Waals surface area contributed by atoms with Crippen LogP contribution in [0.4, 0.5) is 0 Å². The van der Waals surface area contributed by atoms with Crippen molar-refractivity contribution in [3.63, 3.8) is 0 Å². The van der Waals surface area contributed by atoms with Crippen LogP contribution in [0.5, 0.6) is 0 Å². The van der Waals surface area contributed by atoms with Gasteiger partial charge in [-0.2, -0.15) is 49.2 Å². The van der Waals surface area contributed by atoms with Gasteiger partial charge in [-0.15, -0.1) is 35.7 Å².